The van der Waals surface area contributed by atoms with Crippen LogP contribution in [-0.4, -0.2) is 38.8 Å². The van der Waals surface area contributed by atoms with Crippen molar-refractivity contribution in [1.29, 1.82) is 0 Å². The molecule has 1 aliphatic rings. The van der Waals surface area contributed by atoms with Gasteiger partial charge < -0.3 is 4.90 Å². The highest BCUT2D eigenvalue weighted by Crippen LogP contribution is 2.47. The summed E-state index contributed by atoms with van der Waals surface area (Å²) in [6.45, 7) is 1.24. The molecule has 0 fully saturated rings. The summed E-state index contributed by atoms with van der Waals surface area (Å²) in [4.78, 5) is 18.6. The number of aromatic nitrogens is 1. The zero-order chi connectivity index (χ0) is 21.4. The van der Waals surface area contributed by atoms with Gasteiger partial charge in [-0.15, -0.1) is 0 Å². The fraction of sp³-hybridized carbons (Fsp3) is 0.300. The van der Waals surface area contributed by atoms with E-state index >= 15 is 0 Å². The number of amides is 1. The van der Waals surface area contributed by atoms with E-state index < -0.39 is 33.8 Å². The maximum Gasteiger partial charge on any atom is 0.390 e. The summed E-state index contributed by atoms with van der Waals surface area (Å²) in [6.07, 6.45) is -4.91. The first-order chi connectivity index (χ1) is 13.3. The summed E-state index contributed by atoms with van der Waals surface area (Å²) < 4.78 is 64.1. The second kappa shape index (κ2) is 5.91. The molecule has 1 atom stereocenters. The molecule has 0 bridgehead atoms. The van der Waals surface area contributed by atoms with Gasteiger partial charge in [0.2, 0.25) is 5.91 Å². The van der Waals surface area contributed by atoms with Gasteiger partial charge in [-0.05, 0) is 30.5 Å². The molecule has 4 rings (SSSR count). The molecule has 1 aliphatic heterocycles. The number of fused-ring (bicyclic) bond motifs is 2. The topological polar surface area (TPSA) is 67.3 Å². The average molecular weight is 422 g/mol. The first kappa shape index (κ1) is 19.6. The molecule has 5 nitrogen and oxygen atoms in total. The van der Waals surface area contributed by atoms with Crippen LogP contribution in [0.3, 0.4) is 0 Å². The summed E-state index contributed by atoms with van der Waals surface area (Å²) in [5.41, 5.74) is -1.20. The zero-order valence-electron chi connectivity index (χ0n) is 15.8. The highest BCUT2D eigenvalue weighted by atomic mass is 32.2. The molecule has 1 unspecified atom stereocenters. The van der Waals surface area contributed by atoms with Crippen LogP contribution in [0.15, 0.2) is 41.3 Å². The largest absolute Gasteiger partial charge is 0.390 e. The Morgan fingerprint density at radius 3 is 2.45 bits per heavy atom. The minimum absolute atomic E-state index is 0.0111. The number of likely N-dealkylation sites (N-methyl/N-ethyl adjacent to an activating group) is 1. The number of rotatable bonds is 2. The van der Waals surface area contributed by atoms with E-state index in [0.717, 1.165) is 6.26 Å². The van der Waals surface area contributed by atoms with Crippen LogP contribution in [0.5, 0.6) is 0 Å². The molecule has 9 heteroatoms. The number of alkyl halides is 3. The van der Waals surface area contributed by atoms with Gasteiger partial charge in [0.05, 0.1) is 33.6 Å². The lowest BCUT2D eigenvalue weighted by molar-refractivity contribution is -0.156. The molecule has 1 aromatic heterocycles. The lowest BCUT2D eigenvalue weighted by Crippen LogP contribution is -2.49. The van der Waals surface area contributed by atoms with Crippen molar-refractivity contribution in [2.45, 2.75) is 29.8 Å². The number of carbonyl (C=O) groups excluding carboxylic acids is 1. The molecule has 0 spiro atoms. The van der Waals surface area contributed by atoms with E-state index in [1.807, 2.05) is 0 Å². The predicted molar refractivity (Wildman–Crippen MR) is 104 cm³/mol. The van der Waals surface area contributed by atoms with E-state index in [1.165, 1.54) is 31.0 Å². The van der Waals surface area contributed by atoms with Crippen LogP contribution in [0.25, 0.3) is 21.7 Å². The number of benzene rings is 2. The molecule has 0 aliphatic carbocycles. The number of pyridine rings is 1. The second-order valence-electron chi connectivity index (χ2n) is 7.60. The first-order valence-electron chi connectivity index (χ1n) is 8.75. The normalized spacial score (nSPS) is 19.9. The van der Waals surface area contributed by atoms with Gasteiger partial charge in [0.1, 0.15) is 0 Å². The molecule has 0 saturated carbocycles. The van der Waals surface area contributed by atoms with Crippen molar-refractivity contribution in [3.8, 4) is 0 Å². The Labute approximate surface area is 165 Å². The highest BCUT2D eigenvalue weighted by molar-refractivity contribution is 7.90. The molecule has 29 heavy (non-hydrogen) atoms. The fourth-order valence-electron chi connectivity index (χ4n) is 4.07. The van der Waals surface area contributed by atoms with Crippen LogP contribution in [0.1, 0.15) is 19.0 Å². The molecule has 0 N–H and O–H groups in total. The summed E-state index contributed by atoms with van der Waals surface area (Å²) in [5.74, 6) is -0.707. The molecule has 1 amide bonds. The highest BCUT2D eigenvalue weighted by Gasteiger charge is 2.51. The molecule has 152 valence electrons. The number of anilines is 1. The monoisotopic (exact) mass is 422 g/mol. The van der Waals surface area contributed by atoms with Gasteiger partial charge >= 0.3 is 6.18 Å². The Bertz CT molecular complexity index is 1300. The van der Waals surface area contributed by atoms with Crippen LogP contribution >= 0.6 is 0 Å². The van der Waals surface area contributed by atoms with Crippen molar-refractivity contribution in [3.63, 3.8) is 0 Å². The van der Waals surface area contributed by atoms with Crippen molar-refractivity contribution >= 4 is 43.1 Å². The van der Waals surface area contributed by atoms with E-state index in [2.05, 4.69) is 4.98 Å². The molecular formula is C20H17F3N2O3S. The average Bonchev–Trinajstić information content (AvgIpc) is 2.62. The SMILES string of the molecule is CN1C(=O)C(C)(CC(F)(F)F)c2nc3cc(S(C)(=O)=O)ccc3c3cccc1c23. The van der Waals surface area contributed by atoms with Crippen LogP contribution in [0.4, 0.5) is 18.9 Å². The van der Waals surface area contributed by atoms with Gasteiger partial charge in [-0.2, -0.15) is 13.2 Å². The van der Waals surface area contributed by atoms with Gasteiger partial charge in [-0.3, -0.25) is 9.78 Å². The van der Waals surface area contributed by atoms with E-state index in [0.29, 0.717) is 21.8 Å². The summed E-state index contributed by atoms with van der Waals surface area (Å²) in [6, 6.07) is 9.49. The maximum absolute atomic E-state index is 13.4. The van der Waals surface area contributed by atoms with E-state index in [4.69, 9.17) is 0 Å². The van der Waals surface area contributed by atoms with Gasteiger partial charge in [0, 0.05) is 24.1 Å². The zero-order valence-corrected chi connectivity index (χ0v) is 16.6. The van der Waals surface area contributed by atoms with Gasteiger partial charge in [0.25, 0.3) is 0 Å². The number of halogens is 3. The van der Waals surface area contributed by atoms with E-state index in [-0.39, 0.29) is 16.1 Å². The summed E-state index contributed by atoms with van der Waals surface area (Å²) >= 11 is 0. The minimum Gasteiger partial charge on any atom is -0.314 e. The van der Waals surface area contributed by atoms with E-state index in [1.54, 1.807) is 24.3 Å². The van der Waals surface area contributed by atoms with Crippen LogP contribution in [-0.2, 0) is 20.0 Å². The van der Waals surface area contributed by atoms with E-state index in [9.17, 15) is 26.4 Å². The van der Waals surface area contributed by atoms with Gasteiger partial charge in [-0.1, -0.05) is 18.2 Å². The quantitative estimate of drug-likeness (QED) is 0.586. The Hall–Kier alpha value is -2.68. The van der Waals surface area contributed by atoms with Crippen molar-refractivity contribution in [2.75, 3.05) is 18.2 Å². The molecule has 3 aromatic rings. The molecular weight excluding hydrogens is 405 g/mol. The lowest BCUT2D eigenvalue weighted by Gasteiger charge is -2.39. The Balaban J connectivity index is 2.16. The third kappa shape index (κ3) is 2.95. The Morgan fingerprint density at radius 2 is 1.83 bits per heavy atom. The number of carbonyl (C=O) groups is 1. The fourth-order valence-corrected chi connectivity index (χ4v) is 4.71. The second-order valence-corrected chi connectivity index (χ2v) is 9.62. The standard InChI is InChI=1S/C20H17F3N2O3S/c1-19(10-20(21,22)23)17-16-13(5-4-6-15(16)25(2)18(19)26)12-8-7-11(29(3,27)28)9-14(12)24-17/h4-9H,10H2,1-3H3. The number of nitrogens with zero attached hydrogens (tertiary/aromatic N) is 2. The smallest absolute Gasteiger partial charge is 0.314 e. The Kier molecular flexibility index (Phi) is 4.00. The van der Waals surface area contributed by atoms with Crippen LogP contribution < -0.4 is 4.90 Å². The maximum atomic E-state index is 13.4. The van der Waals surface area contributed by atoms with Crippen molar-refractivity contribution in [2.24, 2.45) is 0 Å². The van der Waals surface area contributed by atoms with Crippen molar-refractivity contribution in [3.05, 3.63) is 42.1 Å². The molecule has 0 saturated heterocycles. The van der Waals surface area contributed by atoms with Gasteiger partial charge in [-0.25, -0.2) is 8.42 Å². The van der Waals surface area contributed by atoms with Crippen LogP contribution in [0, 0.1) is 0 Å². The van der Waals surface area contributed by atoms with Crippen molar-refractivity contribution < 1.29 is 26.4 Å². The number of sulfone groups is 1. The lowest BCUT2D eigenvalue weighted by atomic mass is 9.76. The third-order valence-electron chi connectivity index (χ3n) is 5.41. The molecule has 2 heterocycles. The third-order valence-corrected chi connectivity index (χ3v) is 6.52. The Morgan fingerprint density at radius 1 is 1.14 bits per heavy atom. The number of hydrogen-bond donors (Lipinski definition) is 0. The minimum atomic E-state index is -4.59. The first-order valence-corrected chi connectivity index (χ1v) is 10.6. The molecule has 2 aromatic carbocycles. The van der Waals surface area contributed by atoms with Gasteiger partial charge in [0.15, 0.2) is 9.84 Å². The van der Waals surface area contributed by atoms with Crippen LogP contribution in [0.2, 0.25) is 0 Å². The van der Waals surface area contributed by atoms with Crippen molar-refractivity contribution in [1.82, 2.24) is 4.98 Å². The molecule has 0 radical (unpaired) electrons. The number of hydrogen-bond acceptors (Lipinski definition) is 4. The summed E-state index contributed by atoms with van der Waals surface area (Å²) in [7, 11) is -2.08. The predicted octanol–water partition coefficient (Wildman–Crippen LogP) is 3.98. The summed E-state index contributed by atoms with van der Waals surface area (Å²) in [5, 5.41) is 1.70.